The first-order valence-electron chi connectivity index (χ1n) is 7.83. The van der Waals surface area contributed by atoms with E-state index in [1.165, 1.54) is 17.3 Å². The van der Waals surface area contributed by atoms with Crippen LogP contribution in [0.4, 0.5) is 0 Å². The maximum absolute atomic E-state index is 12.0. The zero-order valence-corrected chi connectivity index (χ0v) is 15.7. The summed E-state index contributed by atoms with van der Waals surface area (Å²) in [5, 5.41) is 12.4. The van der Waals surface area contributed by atoms with Gasteiger partial charge in [-0.3, -0.25) is 4.79 Å². The van der Waals surface area contributed by atoms with Crippen LogP contribution in [0.2, 0.25) is 0 Å². The number of carbonyl (C=O) groups is 1. The van der Waals surface area contributed by atoms with Gasteiger partial charge >= 0.3 is 0 Å². The Morgan fingerprint density at radius 3 is 2.80 bits per heavy atom. The number of nitrogens with zero attached hydrogens (tertiary/aromatic N) is 3. The highest BCUT2D eigenvalue weighted by Crippen LogP contribution is 2.30. The van der Waals surface area contributed by atoms with E-state index in [4.69, 9.17) is 0 Å². The number of hydrogen-bond acceptors (Lipinski definition) is 6. The number of amides is 1. The molecule has 0 unspecified atom stereocenters. The normalized spacial score (nSPS) is 10.6. The van der Waals surface area contributed by atoms with Crippen LogP contribution in [0.5, 0.6) is 0 Å². The van der Waals surface area contributed by atoms with E-state index in [0.717, 1.165) is 26.2 Å². The number of aromatic nitrogens is 3. The molecule has 1 amide bonds. The van der Waals surface area contributed by atoms with Gasteiger partial charge in [-0.25, -0.2) is 4.98 Å². The third kappa shape index (κ3) is 4.64. The SMILES string of the molecule is Cc1ccccc1-c1nc(C)c(CNC(=O)CSc2cccnn2)s1. The molecule has 5 nitrogen and oxygen atoms in total. The zero-order valence-electron chi connectivity index (χ0n) is 14.0. The second kappa shape index (κ2) is 8.22. The lowest BCUT2D eigenvalue weighted by atomic mass is 10.1. The fourth-order valence-corrected chi connectivity index (χ4v) is 4.01. The Balaban J connectivity index is 1.58. The molecule has 0 spiro atoms. The molecule has 1 N–H and O–H groups in total. The molecule has 1 aromatic carbocycles. The van der Waals surface area contributed by atoms with Gasteiger partial charge in [0, 0.05) is 16.6 Å². The van der Waals surface area contributed by atoms with E-state index < -0.39 is 0 Å². The first-order valence-corrected chi connectivity index (χ1v) is 9.63. The van der Waals surface area contributed by atoms with Crippen LogP contribution < -0.4 is 5.32 Å². The van der Waals surface area contributed by atoms with Crippen LogP contribution in [0.25, 0.3) is 10.6 Å². The lowest BCUT2D eigenvalue weighted by molar-refractivity contribution is -0.118. The van der Waals surface area contributed by atoms with Crippen LogP contribution in [-0.2, 0) is 11.3 Å². The lowest BCUT2D eigenvalue weighted by Crippen LogP contribution is -2.24. The minimum absolute atomic E-state index is 0.0269. The van der Waals surface area contributed by atoms with E-state index in [0.29, 0.717) is 12.3 Å². The van der Waals surface area contributed by atoms with Crippen molar-refractivity contribution in [3.63, 3.8) is 0 Å². The number of aryl methyl sites for hydroxylation is 2. The van der Waals surface area contributed by atoms with Gasteiger partial charge in [0.15, 0.2) is 0 Å². The van der Waals surface area contributed by atoms with Crippen molar-refractivity contribution in [1.29, 1.82) is 0 Å². The minimum atomic E-state index is -0.0269. The van der Waals surface area contributed by atoms with Gasteiger partial charge in [0.2, 0.25) is 5.91 Å². The molecular formula is C18H18N4OS2. The van der Waals surface area contributed by atoms with E-state index >= 15 is 0 Å². The number of nitrogens with one attached hydrogen (secondary N) is 1. The average Bonchev–Trinajstić information content (AvgIpc) is 3.00. The lowest BCUT2D eigenvalue weighted by Gasteiger charge is -2.03. The largest absolute Gasteiger partial charge is 0.350 e. The Bertz CT molecular complexity index is 865. The van der Waals surface area contributed by atoms with Crippen molar-refractivity contribution in [2.45, 2.75) is 25.4 Å². The van der Waals surface area contributed by atoms with Crippen LogP contribution in [0.1, 0.15) is 16.1 Å². The molecule has 0 bridgehead atoms. The second-order valence-electron chi connectivity index (χ2n) is 5.47. The van der Waals surface area contributed by atoms with Crippen LogP contribution in [-0.4, -0.2) is 26.8 Å². The smallest absolute Gasteiger partial charge is 0.230 e. The Labute approximate surface area is 154 Å². The highest BCUT2D eigenvalue weighted by Gasteiger charge is 2.12. The number of thiazole rings is 1. The van der Waals surface area contributed by atoms with Gasteiger partial charge < -0.3 is 5.32 Å². The maximum Gasteiger partial charge on any atom is 0.230 e. The van der Waals surface area contributed by atoms with Gasteiger partial charge in [-0.2, -0.15) is 5.10 Å². The fourth-order valence-electron chi connectivity index (χ4n) is 2.25. The van der Waals surface area contributed by atoms with Gasteiger partial charge in [0.1, 0.15) is 10.0 Å². The van der Waals surface area contributed by atoms with E-state index in [9.17, 15) is 4.79 Å². The monoisotopic (exact) mass is 370 g/mol. The standard InChI is InChI=1S/C18H18N4OS2/c1-12-6-3-4-7-14(12)18-21-13(2)15(25-18)10-19-16(23)11-24-17-8-5-9-20-22-17/h3-9H,10-11H2,1-2H3,(H,19,23). The number of benzene rings is 1. The Morgan fingerprint density at radius 2 is 2.04 bits per heavy atom. The molecule has 0 aliphatic carbocycles. The van der Waals surface area contributed by atoms with E-state index in [1.54, 1.807) is 23.6 Å². The zero-order chi connectivity index (χ0) is 17.6. The first-order chi connectivity index (χ1) is 12.1. The summed E-state index contributed by atoms with van der Waals surface area (Å²) in [4.78, 5) is 17.8. The summed E-state index contributed by atoms with van der Waals surface area (Å²) < 4.78 is 0. The van der Waals surface area contributed by atoms with Crippen LogP contribution in [0.3, 0.4) is 0 Å². The summed E-state index contributed by atoms with van der Waals surface area (Å²) in [6.07, 6.45) is 1.61. The van der Waals surface area contributed by atoms with E-state index in [2.05, 4.69) is 39.6 Å². The summed E-state index contributed by atoms with van der Waals surface area (Å²) >= 11 is 3.00. The number of hydrogen-bond donors (Lipinski definition) is 1. The van der Waals surface area contributed by atoms with Crippen molar-refractivity contribution in [1.82, 2.24) is 20.5 Å². The topological polar surface area (TPSA) is 67.8 Å². The van der Waals surface area contributed by atoms with Crippen molar-refractivity contribution in [3.05, 3.63) is 58.7 Å². The highest BCUT2D eigenvalue weighted by atomic mass is 32.2. The Hall–Kier alpha value is -2.25. The molecule has 25 heavy (non-hydrogen) atoms. The van der Waals surface area contributed by atoms with Crippen molar-refractivity contribution in [2.24, 2.45) is 0 Å². The molecule has 0 aliphatic heterocycles. The number of carbonyl (C=O) groups excluding carboxylic acids is 1. The van der Waals surface area contributed by atoms with Crippen molar-refractivity contribution < 1.29 is 4.79 Å². The molecule has 7 heteroatoms. The predicted molar refractivity (Wildman–Crippen MR) is 102 cm³/mol. The van der Waals surface area contributed by atoms with Crippen molar-refractivity contribution in [3.8, 4) is 10.6 Å². The molecule has 0 radical (unpaired) electrons. The molecule has 0 fully saturated rings. The third-order valence-corrected chi connectivity index (χ3v) is 5.72. The van der Waals surface area contributed by atoms with Gasteiger partial charge in [-0.1, -0.05) is 36.0 Å². The summed E-state index contributed by atoms with van der Waals surface area (Å²) in [5.41, 5.74) is 3.31. The molecule has 0 saturated carbocycles. The molecule has 128 valence electrons. The molecule has 3 aromatic rings. The average molecular weight is 371 g/mol. The quantitative estimate of drug-likeness (QED) is 0.671. The van der Waals surface area contributed by atoms with Gasteiger partial charge in [0.05, 0.1) is 18.0 Å². The third-order valence-electron chi connectivity index (χ3n) is 3.61. The summed E-state index contributed by atoms with van der Waals surface area (Å²) in [5.74, 6) is 0.294. The van der Waals surface area contributed by atoms with Crippen molar-refractivity contribution >= 4 is 29.0 Å². The maximum atomic E-state index is 12.0. The molecule has 0 aliphatic rings. The fraction of sp³-hybridized carbons (Fsp3) is 0.222. The summed E-state index contributed by atoms with van der Waals surface area (Å²) in [7, 11) is 0. The molecular weight excluding hydrogens is 352 g/mol. The highest BCUT2D eigenvalue weighted by molar-refractivity contribution is 7.99. The minimum Gasteiger partial charge on any atom is -0.350 e. The second-order valence-corrected chi connectivity index (χ2v) is 7.55. The van der Waals surface area contributed by atoms with Gasteiger partial charge in [-0.15, -0.1) is 16.4 Å². The number of thioether (sulfide) groups is 1. The summed E-state index contributed by atoms with van der Waals surface area (Å²) in [6.45, 7) is 4.56. The van der Waals surface area contributed by atoms with Crippen LogP contribution >= 0.6 is 23.1 Å². The van der Waals surface area contributed by atoms with Crippen LogP contribution in [0.15, 0.2) is 47.6 Å². The molecule has 0 saturated heterocycles. The predicted octanol–water partition coefficient (Wildman–Crippen LogP) is 3.63. The van der Waals surface area contributed by atoms with E-state index in [1.807, 2.05) is 25.1 Å². The molecule has 2 heterocycles. The van der Waals surface area contributed by atoms with Gasteiger partial charge in [0.25, 0.3) is 0 Å². The number of rotatable bonds is 6. The summed E-state index contributed by atoms with van der Waals surface area (Å²) in [6, 6.07) is 11.8. The first kappa shape index (κ1) is 17.6. The molecule has 3 rings (SSSR count). The Morgan fingerprint density at radius 1 is 1.20 bits per heavy atom. The molecule has 0 atom stereocenters. The van der Waals surface area contributed by atoms with Crippen molar-refractivity contribution in [2.75, 3.05) is 5.75 Å². The molecule has 2 aromatic heterocycles. The van der Waals surface area contributed by atoms with E-state index in [-0.39, 0.29) is 5.91 Å². The van der Waals surface area contributed by atoms with Gasteiger partial charge in [-0.05, 0) is 31.5 Å². The van der Waals surface area contributed by atoms with Crippen LogP contribution in [0, 0.1) is 13.8 Å². The Kier molecular flexibility index (Phi) is 5.78.